The highest BCUT2D eigenvalue weighted by Crippen LogP contribution is 2.18. The van der Waals surface area contributed by atoms with E-state index in [1.807, 2.05) is 0 Å². The van der Waals surface area contributed by atoms with Gasteiger partial charge in [0.1, 0.15) is 0 Å². The third-order valence-electron chi connectivity index (χ3n) is 2.64. The second-order valence-electron chi connectivity index (χ2n) is 3.38. The fourth-order valence-corrected chi connectivity index (χ4v) is 1.98. The number of likely N-dealkylation sites (tertiary alicyclic amines) is 1. The van der Waals surface area contributed by atoms with Crippen LogP contribution in [0.3, 0.4) is 0 Å². The van der Waals surface area contributed by atoms with Gasteiger partial charge in [0.2, 0.25) is 0 Å². The van der Waals surface area contributed by atoms with Crippen molar-refractivity contribution in [2.45, 2.75) is 38.6 Å². The molecule has 0 aromatic heterocycles. The predicted octanol–water partition coefficient (Wildman–Crippen LogP) is 1.21. The molecule has 0 spiro atoms. The summed E-state index contributed by atoms with van der Waals surface area (Å²) in [7, 11) is 0. The van der Waals surface area contributed by atoms with E-state index < -0.39 is 0 Å². The van der Waals surface area contributed by atoms with Gasteiger partial charge in [-0.1, -0.05) is 13.3 Å². The lowest BCUT2D eigenvalue weighted by Crippen LogP contribution is -2.41. The molecule has 0 amide bonds. The third kappa shape index (κ3) is 2.46. The van der Waals surface area contributed by atoms with E-state index in [2.05, 4.69) is 11.8 Å². The Labute approximate surface area is 69.8 Å². The van der Waals surface area contributed by atoms with Crippen molar-refractivity contribution in [3.8, 4) is 0 Å². The first-order valence-electron chi connectivity index (χ1n) is 4.82. The zero-order valence-electron chi connectivity index (χ0n) is 7.55. The molecule has 1 rings (SSSR count). The van der Waals surface area contributed by atoms with Crippen molar-refractivity contribution in [3.05, 3.63) is 0 Å². The topological polar surface area (TPSA) is 29.3 Å². The Morgan fingerprint density at radius 1 is 1.45 bits per heavy atom. The van der Waals surface area contributed by atoms with E-state index >= 15 is 0 Å². The molecule has 0 radical (unpaired) electrons. The molecule has 11 heavy (non-hydrogen) atoms. The van der Waals surface area contributed by atoms with Crippen LogP contribution in [0.15, 0.2) is 0 Å². The molecular weight excluding hydrogens is 136 g/mol. The SMILES string of the molecule is CC[C@@H]1CCCCN1CCN. The van der Waals surface area contributed by atoms with Crippen LogP contribution in [0.25, 0.3) is 0 Å². The number of hydrogen-bond donors (Lipinski definition) is 1. The van der Waals surface area contributed by atoms with Crippen LogP contribution in [0.1, 0.15) is 32.6 Å². The van der Waals surface area contributed by atoms with Crippen LogP contribution < -0.4 is 5.73 Å². The molecule has 2 heteroatoms. The Balaban J connectivity index is 2.31. The van der Waals surface area contributed by atoms with Gasteiger partial charge in [0.15, 0.2) is 0 Å². The van der Waals surface area contributed by atoms with Gasteiger partial charge in [-0.15, -0.1) is 0 Å². The summed E-state index contributed by atoms with van der Waals surface area (Å²) in [4.78, 5) is 2.55. The van der Waals surface area contributed by atoms with Crippen molar-refractivity contribution in [1.29, 1.82) is 0 Å². The molecule has 1 aliphatic heterocycles. The summed E-state index contributed by atoms with van der Waals surface area (Å²) in [5, 5.41) is 0. The monoisotopic (exact) mass is 156 g/mol. The quantitative estimate of drug-likeness (QED) is 0.665. The van der Waals surface area contributed by atoms with E-state index in [9.17, 15) is 0 Å². The molecule has 0 bridgehead atoms. The van der Waals surface area contributed by atoms with Gasteiger partial charge in [0.25, 0.3) is 0 Å². The standard InChI is InChI=1S/C9H20N2/c1-2-9-5-3-4-7-11(9)8-6-10/h9H,2-8,10H2,1H3/t9-/m1/s1. The molecule has 1 saturated heterocycles. The van der Waals surface area contributed by atoms with Crippen molar-refractivity contribution in [2.24, 2.45) is 5.73 Å². The number of rotatable bonds is 3. The van der Waals surface area contributed by atoms with E-state index in [1.54, 1.807) is 0 Å². The van der Waals surface area contributed by atoms with Crippen LogP contribution in [-0.4, -0.2) is 30.6 Å². The first-order chi connectivity index (χ1) is 5.38. The Kier molecular flexibility index (Phi) is 3.87. The molecule has 0 saturated carbocycles. The highest BCUT2D eigenvalue weighted by molar-refractivity contribution is 4.75. The Hall–Kier alpha value is -0.0800. The molecule has 0 aliphatic carbocycles. The molecule has 1 heterocycles. The Morgan fingerprint density at radius 2 is 2.27 bits per heavy atom. The van der Waals surface area contributed by atoms with Gasteiger partial charge in [-0.05, 0) is 25.8 Å². The van der Waals surface area contributed by atoms with Gasteiger partial charge in [0.05, 0.1) is 0 Å². The van der Waals surface area contributed by atoms with E-state index in [0.717, 1.165) is 19.1 Å². The van der Waals surface area contributed by atoms with E-state index in [0.29, 0.717) is 0 Å². The maximum absolute atomic E-state index is 5.53. The molecule has 0 aromatic rings. The third-order valence-corrected chi connectivity index (χ3v) is 2.64. The largest absolute Gasteiger partial charge is 0.329 e. The average Bonchev–Trinajstić information content (AvgIpc) is 2.06. The van der Waals surface area contributed by atoms with E-state index in [1.165, 1.54) is 32.2 Å². The molecule has 66 valence electrons. The highest BCUT2D eigenvalue weighted by atomic mass is 15.2. The Bertz CT molecular complexity index is 102. The number of nitrogens with zero attached hydrogens (tertiary/aromatic N) is 1. The minimum Gasteiger partial charge on any atom is -0.329 e. The van der Waals surface area contributed by atoms with Gasteiger partial charge >= 0.3 is 0 Å². The molecular formula is C9H20N2. The summed E-state index contributed by atoms with van der Waals surface area (Å²) >= 11 is 0. The zero-order valence-corrected chi connectivity index (χ0v) is 7.55. The molecule has 1 aliphatic rings. The molecule has 0 unspecified atom stereocenters. The van der Waals surface area contributed by atoms with E-state index in [-0.39, 0.29) is 0 Å². The highest BCUT2D eigenvalue weighted by Gasteiger charge is 2.18. The molecule has 1 atom stereocenters. The lowest BCUT2D eigenvalue weighted by Gasteiger charge is -2.34. The smallest absolute Gasteiger partial charge is 0.0108 e. The first-order valence-corrected chi connectivity index (χ1v) is 4.82. The lowest BCUT2D eigenvalue weighted by atomic mass is 10.0. The maximum atomic E-state index is 5.53. The molecule has 0 aromatic carbocycles. The van der Waals surface area contributed by atoms with Crippen molar-refractivity contribution < 1.29 is 0 Å². The van der Waals surface area contributed by atoms with Gasteiger partial charge in [0, 0.05) is 19.1 Å². The van der Waals surface area contributed by atoms with Crippen molar-refractivity contribution >= 4 is 0 Å². The Morgan fingerprint density at radius 3 is 2.91 bits per heavy atom. The molecule has 2 N–H and O–H groups in total. The number of nitrogens with two attached hydrogens (primary N) is 1. The van der Waals surface area contributed by atoms with Gasteiger partial charge in [-0.3, -0.25) is 4.90 Å². The second-order valence-corrected chi connectivity index (χ2v) is 3.38. The van der Waals surface area contributed by atoms with Crippen molar-refractivity contribution in [2.75, 3.05) is 19.6 Å². The first kappa shape index (κ1) is 9.01. The van der Waals surface area contributed by atoms with Crippen molar-refractivity contribution in [3.63, 3.8) is 0 Å². The summed E-state index contributed by atoms with van der Waals surface area (Å²) < 4.78 is 0. The normalized spacial score (nSPS) is 27.3. The van der Waals surface area contributed by atoms with Gasteiger partial charge in [-0.25, -0.2) is 0 Å². The fraction of sp³-hybridized carbons (Fsp3) is 1.00. The summed E-state index contributed by atoms with van der Waals surface area (Å²) in [6, 6.07) is 0.826. The van der Waals surface area contributed by atoms with Crippen LogP contribution >= 0.6 is 0 Å². The van der Waals surface area contributed by atoms with Crippen LogP contribution in [-0.2, 0) is 0 Å². The predicted molar refractivity (Wildman–Crippen MR) is 48.6 cm³/mol. The summed E-state index contributed by atoms with van der Waals surface area (Å²) in [6.07, 6.45) is 5.46. The van der Waals surface area contributed by atoms with Crippen molar-refractivity contribution in [1.82, 2.24) is 4.90 Å². The summed E-state index contributed by atoms with van der Waals surface area (Å²) in [6.45, 7) is 5.46. The van der Waals surface area contributed by atoms with Crippen LogP contribution in [0.5, 0.6) is 0 Å². The minimum atomic E-state index is 0.816. The van der Waals surface area contributed by atoms with Gasteiger partial charge < -0.3 is 5.73 Å². The van der Waals surface area contributed by atoms with Crippen LogP contribution in [0.4, 0.5) is 0 Å². The van der Waals surface area contributed by atoms with E-state index in [4.69, 9.17) is 5.73 Å². The van der Waals surface area contributed by atoms with Crippen LogP contribution in [0.2, 0.25) is 0 Å². The second kappa shape index (κ2) is 4.73. The number of hydrogen-bond acceptors (Lipinski definition) is 2. The lowest BCUT2D eigenvalue weighted by molar-refractivity contribution is 0.148. The average molecular weight is 156 g/mol. The minimum absolute atomic E-state index is 0.816. The zero-order chi connectivity index (χ0) is 8.10. The summed E-state index contributed by atoms with van der Waals surface area (Å²) in [5.74, 6) is 0. The summed E-state index contributed by atoms with van der Waals surface area (Å²) in [5.41, 5.74) is 5.53. The van der Waals surface area contributed by atoms with Gasteiger partial charge in [-0.2, -0.15) is 0 Å². The molecule has 2 nitrogen and oxygen atoms in total. The van der Waals surface area contributed by atoms with Crippen LogP contribution in [0, 0.1) is 0 Å². The maximum Gasteiger partial charge on any atom is 0.0108 e. The molecule has 1 fully saturated rings. The fourth-order valence-electron chi connectivity index (χ4n) is 1.98. The number of piperidine rings is 1.